The minimum absolute atomic E-state index is 0.535. The Kier molecular flexibility index (Phi) is 4.41. The van der Waals surface area contributed by atoms with Gasteiger partial charge in [-0.1, -0.05) is 36.7 Å². The van der Waals surface area contributed by atoms with Crippen molar-refractivity contribution in [3.8, 4) is 5.69 Å². The Labute approximate surface area is 135 Å². The zero-order valence-electron chi connectivity index (χ0n) is 12.8. The molecule has 5 heteroatoms. The number of benzene rings is 1. The monoisotopic (exact) mass is 314 g/mol. The molecule has 22 heavy (non-hydrogen) atoms. The van der Waals surface area contributed by atoms with Gasteiger partial charge in [0, 0.05) is 17.5 Å². The number of para-hydroxylation sites is 1. The molecule has 4 nitrogen and oxygen atoms in total. The summed E-state index contributed by atoms with van der Waals surface area (Å²) < 4.78 is 1.85. The number of pyridine rings is 1. The van der Waals surface area contributed by atoms with E-state index in [1.165, 1.54) is 0 Å². The molecular weight excluding hydrogens is 296 g/mol. The van der Waals surface area contributed by atoms with Gasteiger partial charge in [0.05, 0.1) is 11.4 Å². The van der Waals surface area contributed by atoms with Gasteiger partial charge in [-0.15, -0.1) is 0 Å². The van der Waals surface area contributed by atoms with Gasteiger partial charge in [-0.2, -0.15) is 5.10 Å². The van der Waals surface area contributed by atoms with Crippen LogP contribution in [0.5, 0.6) is 0 Å². The Balaban J connectivity index is 2.06. The summed E-state index contributed by atoms with van der Waals surface area (Å²) in [6.45, 7) is 5.84. The summed E-state index contributed by atoms with van der Waals surface area (Å²) in [5.41, 5.74) is 3.76. The molecule has 0 saturated carbocycles. The van der Waals surface area contributed by atoms with Crippen LogP contribution in [-0.2, 0) is 6.54 Å². The Morgan fingerprint density at radius 1 is 1.23 bits per heavy atom. The molecule has 0 spiro atoms. The van der Waals surface area contributed by atoms with Gasteiger partial charge in [0.15, 0.2) is 5.65 Å². The summed E-state index contributed by atoms with van der Waals surface area (Å²) in [5.74, 6) is 0. The van der Waals surface area contributed by atoms with Crippen LogP contribution in [0, 0.1) is 6.92 Å². The predicted octanol–water partition coefficient (Wildman–Crippen LogP) is 3.88. The maximum Gasteiger partial charge on any atom is 0.164 e. The molecule has 0 unspecified atom stereocenters. The van der Waals surface area contributed by atoms with E-state index < -0.39 is 0 Å². The summed E-state index contributed by atoms with van der Waals surface area (Å²) in [4.78, 5) is 4.58. The largest absolute Gasteiger partial charge is 0.313 e. The highest BCUT2D eigenvalue weighted by Crippen LogP contribution is 2.25. The Hall–Kier alpha value is -1.91. The summed E-state index contributed by atoms with van der Waals surface area (Å²) in [7, 11) is 0. The van der Waals surface area contributed by atoms with E-state index in [0.717, 1.165) is 47.5 Å². The van der Waals surface area contributed by atoms with Gasteiger partial charge in [-0.25, -0.2) is 9.67 Å². The standard InChI is InChI=1S/C17H19ClN4/c1-3-9-19-11-13-10-15-12(2)21-22(17(15)20-16(13)18)14-7-5-4-6-8-14/h4-8,10,19H,3,9,11H2,1-2H3. The molecule has 0 saturated heterocycles. The zero-order valence-corrected chi connectivity index (χ0v) is 13.6. The van der Waals surface area contributed by atoms with Crippen molar-refractivity contribution in [2.45, 2.75) is 26.8 Å². The van der Waals surface area contributed by atoms with Crippen LogP contribution in [-0.4, -0.2) is 21.3 Å². The smallest absolute Gasteiger partial charge is 0.164 e. The van der Waals surface area contributed by atoms with E-state index in [-0.39, 0.29) is 0 Å². The van der Waals surface area contributed by atoms with Crippen LogP contribution in [0.25, 0.3) is 16.7 Å². The van der Waals surface area contributed by atoms with Crippen LogP contribution in [0.1, 0.15) is 24.6 Å². The van der Waals surface area contributed by atoms with Crippen LogP contribution in [0.15, 0.2) is 36.4 Å². The predicted molar refractivity (Wildman–Crippen MR) is 90.6 cm³/mol. The van der Waals surface area contributed by atoms with E-state index in [4.69, 9.17) is 11.6 Å². The molecule has 0 bridgehead atoms. The van der Waals surface area contributed by atoms with Gasteiger partial charge in [0.25, 0.3) is 0 Å². The van der Waals surface area contributed by atoms with Crippen LogP contribution in [0.2, 0.25) is 5.15 Å². The topological polar surface area (TPSA) is 42.7 Å². The molecule has 0 aliphatic carbocycles. The molecule has 0 aliphatic heterocycles. The summed E-state index contributed by atoms with van der Waals surface area (Å²) in [5, 5.41) is 9.56. The summed E-state index contributed by atoms with van der Waals surface area (Å²) in [6.07, 6.45) is 1.10. The molecule has 3 rings (SSSR count). The fraction of sp³-hybridized carbons (Fsp3) is 0.294. The SMILES string of the molecule is CCCNCc1cc2c(C)nn(-c3ccccc3)c2nc1Cl. The fourth-order valence-corrected chi connectivity index (χ4v) is 2.68. The molecule has 0 amide bonds. The van der Waals surface area contributed by atoms with Crippen molar-refractivity contribution >= 4 is 22.6 Å². The number of nitrogens with zero attached hydrogens (tertiary/aromatic N) is 3. The second-order valence-electron chi connectivity index (χ2n) is 5.32. The Morgan fingerprint density at radius 2 is 2.00 bits per heavy atom. The number of aromatic nitrogens is 3. The third-order valence-electron chi connectivity index (χ3n) is 3.61. The van der Waals surface area contributed by atoms with E-state index in [1.807, 2.05) is 41.9 Å². The van der Waals surface area contributed by atoms with Crippen molar-refractivity contribution < 1.29 is 0 Å². The van der Waals surface area contributed by atoms with Gasteiger partial charge in [-0.3, -0.25) is 0 Å². The van der Waals surface area contributed by atoms with Crippen molar-refractivity contribution in [3.63, 3.8) is 0 Å². The van der Waals surface area contributed by atoms with E-state index in [2.05, 4.69) is 28.4 Å². The molecule has 114 valence electrons. The number of hydrogen-bond acceptors (Lipinski definition) is 3. The fourth-order valence-electron chi connectivity index (χ4n) is 2.48. The number of hydrogen-bond donors (Lipinski definition) is 1. The van der Waals surface area contributed by atoms with Crippen molar-refractivity contribution in [3.05, 3.63) is 52.8 Å². The van der Waals surface area contributed by atoms with Crippen molar-refractivity contribution in [1.29, 1.82) is 0 Å². The first-order valence-electron chi connectivity index (χ1n) is 7.51. The number of halogens is 1. The van der Waals surface area contributed by atoms with Crippen LogP contribution >= 0.6 is 11.6 Å². The first-order chi connectivity index (χ1) is 10.7. The lowest BCUT2D eigenvalue weighted by atomic mass is 10.2. The normalized spacial score (nSPS) is 11.2. The van der Waals surface area contributed by atoms with Gasteiger partial charge < -0.3 is 5.32 Å². The highest BCUT2D eigenvalue weighted by atomic mass is 35.5. The first kappa shape index (κ1) is 15.0. The molecule has 0 atom stereocenters. The minimum Gasteiger partial charge on any atom is -0.313 e. The Bertz CT molecular complexity index is 780. The lowest BCUT2D eigenvalue weighted by Gasteiger charge is -2.07. The average Bonchev–Trinajstić information content (AvgIpc) is 2.85. The van der Waals surface area contributed by atoms with Gasteiger partial charge >= 0.3 is 0 Å². The number of aryl methyl sites for hydroxylation is 1. The lowest BCUT2D eigenvalue weighted by Crippen LogP contribution is -2.14. The average molecular weight is 315 g/mol. The molecule has 1 N–H and O–H groups in total. The molecule has 0 radical (unpaired) electrons. The van der Waals surface area contributed by atoms with Gasteiger partial charge in [0.1, 0.15) is 5.15 Å². The third kappa shape index (κ3) is 2.85. The second kappa shape index (κ2) is 6.46. The molecule has 2 heterocycles. The van der Waals surface area contributed by atoms with Crippen LogP contribution in [0.4, 0.5) is 0 Å². The maximum absolute atomic E-state index is 6.36. The molecule has 2 aromatic heterocycles. The lowest BCUT2D eigenvalue weighted by molar-refractivity contribution is 0.674. The third-order valence-corrected chi connectivity index (χ3v) is 3.94. The molecule has 1 aromatic carbocycles. The highest BCUT2D eigenvalue weighted by molar-refractivity contribution is 6.30. The van der Waals surface area contributed by atoms with E-state index >= 15 is 0 Å². The summed E-state index contributed by atoms with van der Waals surface area (Å²) in [6, 6.07) is 12.1. The number of rotatable bonds is 5. The number of nitrogens with one attached hydrogen (secondary N) is 1. The minimum atomic E-state index is 0.535. The molecular formula is C17H19ClN4. The summed E-state index contributed by atoms with van der Waals surface area (Å²) >= 11 is 6.36. The Morgan fingerprint density at radius 3 is 2.73 bits per heavy atom. The zero-order chi connectivity index (χ0) is 15.5. The van der Waals surface area contributed by atoms with E-state index in [9.17, 15) is 0 Å². The maximum atomic E-state index is 6.36. The van der Waals surface area contributed by atoms with Gasteiger partial charge in [0.2, 0.25) is 0 Å². The number of fused-ring (bicyclic) bond motifs is 1. The van der Waals surface area contributed by atoms with Crippen LogP contribution in [0.3, 0.4) is 0 Å². The van der Waals surface area contributed by atoms with Gasteiger partial charge in [-0.05, 0) is 38.1 Å². The van der Waals surface area contributed by atoms with Crippen molar-refractivity contribution in [1.82, 2.24) is 20.1 Å². The van der Waals surface area contributed by atoms with Crippen molar-refractivity contribution in [2.24, 2.45) is 0 Å². The highest BCUT2D eigenvalue weighted by Gasteiger charge is 2.13. The van der Waals surface area contributed by atoms with E-state index in [1.54, 1.807) is 0 Å². The van der Waals surface area contributed by atoms with Crippen molar-refractivity contribution in [2.75, 3.05) is 6.54 Å². The van der Waals surface area contributed by atoms with Crippen LogP contribution < -0.4 is 5.32 Å². The second-order valence-corrected chi connectivity index (χ2v) is 5.68. The molecule has 0 fully saturated rings. The van der Waals surface area contributed by atoms with E-state index in [0.29, 0.717) is 5.15 Å². The quantitative estimate of drug-likeness (QED) is 0.574. The first-order valence-corrected chi connectivity index (χ1v) is 7.89. The molecule has 0 aliphatic rings. The molecule has 3 aromatic rings.